The van der Waals surface area contributed by atoms with Gasteiger partial charge in [-0.05, 0) is 32.0 Å². The molecule has 0 aromatic heterocycles. The lowest BCUT2D eigenvalue weighted by Crippen LogP contribution is -2.28. The lowest BCUT2D eigenvalue weighted by atomic mass is 10.1. The number of benzene rings is 1. The van der Waals surface area contributed by atoms with Crippen LogP contribution in [0.25, 0.3) is 0 Å². The van der Waals surface area contributed by atoms with Crippen LogP contribution in [0.15, 0.2) is 34.5 Å². The SMILES string of the molecule is CCN=C(N)C(C(=O)OCC(=O)c1cc(F)ccc1F)=C(C)N. The predicted octanol–water partition coefficient (Wildman–Crippen LogP) is 1.30. The molecule has 23 heavy (non-hydrogen) atoms. The van der Waals surface area contributed by atoms with E-state index in [4.69, 9.17) is 16.2 Å². The molecule has 0 bridgehead atoms. The van der Waals surface area contributed by atoms with Crippen molar-refractivity contribution in [2.75, 3.05) is 13.2 Å². The fourth-order valence-corrected chi connectivity index (χ4v) is 1.71. The molecule has 1 aromatic carbocycles. The highest BCUT2D eigenvalue weighted by Crippen LogP contribution is 2.11. The van der Waals surface area contributed by atoms with Gasteiger partial charge in [0.25, 0.3) is 0 Å². The van der Waals surface area contributed by atoms with E-state index in [1.165, 1.54) is 6.92 Å². The number of nitrogens with zero attached hydrogens (tertiary/aromatic N) is 1. The van der Waals surface area contributed by atoms with E-state index in [0.717, 1.165) is 18.2 Å². The van der Waals surface area contributed by atoms with Gasteiger partial charge in [-0.1, -0.05) is 0 Å². The monoisotopic (exact) mass is 325 g/mol. The molecule has 0 saturated heterocycles. The molecule has 0 saturated carbocycles. The largest absolute Gasteiger partial charge is 0.454 e. The van der Waals surface area contributed by atoms with Gasteiger partial charge in [0.2, 0.25) is 5.78 Å². The van der Waals surface area contributed by atoms with Gasteiger partial charge in [0.05, 0.1) is 5.56 Å². The summed E-state index contributed by atoms with van der Waals surface area (Å²) in [4.78, 5) is 27.6. The molecule has 0 aliphatic rings. The summed E-state index contributed by atoms with van der Waals surface area (Å²) in [5.41, 5.74) is 10.5. The number of carbonyl (C=O) groups excluding carboxylic acids is 2. The Balaban J connectivity index is 2.86. The van der Waals surface area contributed by atoms with Crippen LogP contribution < -0.4 is 11.5 Å². The number of hydrogen-bond acceptors (Lipinski definition) is 5. The highest BCUT2D eigenvalue weighted by atomic mass is 19.1. The fourth-order valence-electron chi connectivity index (χ4n) is 1.71. The second-order valence-corrected chi connectivity index (χ2v) is 4.54. The van der Waals surface area contributed by atoms with Gasteiger partial charge >= 0.3 is 5.97 Å². The molecule has 0 aliphatic heterocycles. The standard InChI is InChI=1S/C15H17F2N3O3/c1-3-20-14(19)13(8(2)18)15(22)23-7-12(21)10-6-9(16)4-5-11(10)17/h4-6H,3,7,18H2,1-2H3,(H2,19,20). The average Bonchev–Trinajstić information content (AvgIpc) is 2.47. The van der Waals surface area contributed by atoms with Crippen molar-refractivity contribution in [3.8, 4) is 0 Å². The van der Waals surface area contributed by atoms with E-state index in [2.05, 4.69) is 4.99 Å². The zero-order valence-corrected chi connectivity index (χ0v) is 12.7. The maximum atomic E-state index is 13.5. The number of allylic oxidation sites excluding steroid dienone is 1. The van der Waals surface area contributed by atoms with Gasteiger partial charge in [-0.3, -0.25) is 9.79 Å². The number of halogens is 2. The minimum absolute atomic E-state index is 0.0640. The molecular formula is C15H17F2N3O3. The Morgan fingerprint density at radius 1 is 1.26 bits per heavy atom. The quantitative estimate of drug-likeness (QED) is 0.269. The molecule has 0 radical (unpaired) electrons. The highest BCUT2D eigenvalue weighted by molar-refractivity contribution is 6.19. The fraction of sp³-hybridized carbons (Fsp3) is 0.267. The van der Waals surface area contributed by atoms with Crippen molar-refractivity contribution in [2.45, 2.75) is 13.8 Å². The Hall–Kier alpha value is -2.77. The van der Waals surface area contributed by atoms with Gasteiger partial charge in [0.1, 0.15) is 23.0 Å². The van der Waals surface area contributed by atoms with Gasteiger partial charge in [-0.25, -0.2) is 13.6 Å². The van der Waals surface area contributed by atoms with Gasteiger partial charge in [-0.15, -0.1) is 0 Å². The van der Waals surface area contributed by atoms with Gasteiger partial charge in [0.15, 0.2) is 6.61 Å². The molecule has 0 unspecified atom stereocenters. The molecule has 6 nitrogen and oxygen atoms in total. The maximum absolute atomic E-state index is 13.5. The summed E-state index contributed by atoms with van der Waals surface area (Å²) in [6.07, 6.45) is 0. The van der Waals surface area contributed by atoms with Crippen molar-refractivity contribution in [2.24, 2.45) is 16.5 Å². The van der Waals surface area contributed by atoms with Gasteiger partial charge < -0.3 is 16.2 Å². The van der Waals surface area contributed by atoms with E-state index in [1.54, 1.807) is 6.92 Å². The summed E-state index contributed by atoms with van der Waals surface area (Å²) in [5.74, 6) is -3.67. The third-order valence-electron chi connectivity index (χ3n) is 2.75. The Bertz CT molecular complexity index is 681. The van der Waals surface area contributed by atoms with Crippen LogP contribution in [0, 0.1) is 11.6 Å². The van der Waals surface area contributed by atoms with Crippen molar-refractivity contribution in [3.05, 3.63) is 46.7 Å². The van der Waals surface area contributed by atoms with E-state index < -0.39 is 35.6 Å². The van der Waals surface area contributed by atoms with Crippen LogP contribution in [-0.4, -0.2) is 30.7 Å². The van der Waals surface area contributed by atoms with Crippen LogP contribution in [0.4, 0.5) is 8.78 Å². The van der Waals surface area contributed by atoms with Crippen LogP contribution in [0.3, 0.4) is 0 Å². The molecule has 1 rings (SSSR count). The predicted molar refractivity (Wildman–Crippen MR) is 80.7 cm³/mol. The molecular weight excluding hydrogens is 308 g/mol. The number of aliphatic imine (C=N–C) groups is 1. The van der Waals surface area contributed by atoms with E-state index in [1.807, 2.05) is 0 Å². The van der Waals surface area contributed by atoms with E-state index >= 15 is 0 Å². The Labute approximate surface area is 131 Å². The summed E-state index contributed by atoms with van der Waals surface area (Å²) < 4.78 is 31.3. The van der Waals surface area contributed by atoms with Crippen molar-refractivity contribution in [3.63, 3.8) is 0 Å². The normalized spacial score (nSPS) is 12.6. The van der Waals surface area contributed by atoms with Crippen LogP contribution in [0.2, 0.25) is 0 Å². The lowest BCUT2D eigenvalue weighted by molar-refractivity contribution is -0.137. The van der Waals surface area contributed by atoms with Crippen molar-refractivity contribution in [1.29, 1.82) is 0 Å². The molecule has 0 spiro atoms. The zero-order valence-electron chi connectivity index (χ0n) is 12.7. The van der Waals surface area contributed by atoms with Crippen molar-refractivity contribution < 1.29 is 23.1 Å². The van der Waals surface area contributed by atoms with E-state index in [-0.39, 0.29) is 17.1 Å². The number of ether oxygens (including phenoxy) is 1. The number of hydrogen-bond donors (Lipinski definition) is 2. The van der Waals surface area contributed by atoms with Crippen LogP contribution in [0.1, 0.15) is 24.2 Å². The summed E-state index contributed by atoms with van der Waals surface area (Å²) >= 11 is 0. The van der Waals surface area contributed by atoms with Crippen LogP contribution >= 0.6 is 0 Å². The topological polar surface area (TPSA) is 108 Å². The van der Waals surface area contributed by atoms with Crippen molar-refractivity contribution in [1.82, 2.24) is 0 Å². The van der Waals surface area contributed by atoms with Gasteiger partial charge in [-0.2, -0.15) is 0 Å². The number of carbonyl (C=O) groups is 2. The molecule has 4 N–H and O–H groups in total. The minimum Gasteiger partial charge on any atom is -0.454 e. The minimum atomic E-state index is -0.968. The summed E-state index contributed by atoms with van der Waals surface area (Å²) in [7, 11) is 0. The first kappa shape index (κ1) is 18.3. The molecule has 0 atom stereocenters. The van der Waals surface area contributed by atoms with E-state index in [0.29, 0.717) is 6.54 Å². The second-order valence-electron chi connectivity index (χ2n) is 4.54. The number of esters is 1. The molecule has 0 aliphatic carbocycles. The lowest BCUT2D eigenvalue weighted by Gasteiger charge is -2.09. The molecule has 1 aromatic rings. The average molecular weight is 325 g/mol. The first-order valence-corrected chi connectivity index (χ1v) is 6.69. The smallest absolute Gasteiger partial charge is 0.344 e. The van der Waals surface area contributed by atoms with Crippen molar-refractivity contribution >= 4 is 17.6 Å². The maximum Gasteiger partial charge on any atom is 0.344 e. The number of ketones is 1. The molecule has 0 heterocycles. The Morgan fingerprint density at radius 2 is 1.91 bits per heavy atom. The first-order valence-electron chi connectivity index (χ1n) is 6.69. The number of amidine groups is 1. The summed E-state index contributed by atoms with van der Waals surface area (Å²) in [6.45, 7) is 2.67. The van der Waals surface area contributed by atoms with Crippen LogP contribution in [0.5, 0.6) is 0 Å². The molecule has 124 valence electrons. The highest BCUT2D eigenvalue weighted by Gasteiger charge is 2.20. The Morgan fingerprint density at radius 3 is 2.48 bits per heavy atom. The number of rotatable bonds is 6. The molecule has 0 fully saturated rings. The zero-order chi connectivity index (χ0) is 17.6. The summed E-state index contributed by atoms with van der Waals surface area (Å²) in [6, 6.07) is 2.41. The third-order valence-corrected chi connectivity index (χ3v) is 2.75. The second kappa shape index (κ2) is 8.02. The number of nitrogens with two attached hydrogens (primary N) is 2. The third kappa shape index (κ3) is 4.87. The Kier molecular flexibility index (Phi) is 6.37. The first-order chi connectivity index (χ1) is 10.8. The van der Waals surface area contributed by atoms with E-state index in [9.17, 15) is 18.4 Å². The number of Topliss-reactive ketones (excluding diaryl/α,β-unsaturated/α-hetero) is 1. The molecule has 0 amide bonds. The summed E-state index contributed by atoms with van der Waals surface area (Å²) in [5, 5.41) is 0. The van der Waals surface area contributed by atoms with Gasteiger partial charge in [0, 0.05) is 12.2 Å². The molecule has 8 heteroatoms. The van der Waals surface area contributed by atoms with Crippen LogP contribution in [-0.2, 0) is 9.53 Å².